The van der Waals surface area contributed by atoms with Crippen LogP contribution in [0.5, 0.6) is 0 Å². The molecular weight excluding hydrogens is 288 g/mol. The minimum atomic E-state index is -0.269. The molecule has 1 atom stereocenters. The Morgan fingerprint density at radius 1 is 1.38 bits per heavy atom. The molecule has 0 fully saturated rings. The molecule has 0 saturated carbocycles. The fourth-order valence-corrected chi connectivity index (χ4v) is 2.54. The number of esters is 1. The second-order valence-corrected chi connectivity index (χ2v) is 5.72. The first kappa shape index (κ1) is 17.5. The molecule has 21 heavy (non-hydrogen) atoms. The van der Waals surface area contributed by atoms with Crippen LogP contribution in [0.2, 0.25) is 0 Å². The number of thioether (sulfide) groups is 1. The Kier molecular flexibility index (Phi) is 7.25. The first-order valence-electron chi connectivity index (χ1n) is 6.67. The number of methoxy groups -OCH3 is 1. The van der Waals surface area contributed by atoms with Gasteiger partial charge in [0.1, 0.15) is 0 Å². The summed E-state index contributed by atoms with van der Waals surface area (Å²) in [6, 6.07) is 7.66. The lowest BCUT2D eigenvalue weighted by atomic mass is 10.2. The van der Waals surface area contributed by atoms with Crippen LogP contribution in [0.25, 0.3) is 0 Å². The molecule has 1 rings (SSSR count). The lowest BCUT2D eigenvalue weighted by Gasteiger charge is -2.19. The first-order chi connectivity index (χ1) is 9.97. The van der Waals surface area contributed by atoms with Gasteiger partial charge < -0.3 is 10.1 Å². The number of anilines is 1. The fourth-order valence-electron chi connectivity index (χ4n) is 1.99. The minimum absolute atomic E-state index is 0.101. The Morgan fingerprint density at radius 3 is 2.67 bits per heavy atom. The van der Waals surface area contributed by atoms with Crippen molar-refractivity contribution in [3.63, 3.8) is 0 Å². The van der Waals surface area contributed by atoms with Crippen LogP contribution in [0.4, 0.5) is 5.69 Å². The van der Waals surface area contributed by atoms with E-state index in [1.165, 1.54) is 7.11 Å². The van der Waals surface area contributed by atoms with E-state index in [-0.39, 0.29) is 24.3 Å². The molecule has 0 aliphatic carbocycles. The molecule has 0 spiro atoms. The van der Waals surface area contributed by atoms with Crippen LogP contribution < -0.4 is 5.32 Å². The van der Waals surface area contributed by atoms with Gasteiger partial charge in [-0.3, -0.25) is 14.5 Å². The number of nitrogens with one attached hydrogen (secondary N) is 1. The number of rotatable bonds is 7. The van der Waals surface area contributed by atoms with Crippen molar-refractivity contribution in [3.05, 3.63) is 24.3 Å². The number of ether oxygens (including phenoxy) is 1. The quantitative estimate of drug-likeness (QED) is 0.617. The number of likely N-dealkylation sites (N-methyl/N-ethyl adjacent to an activating group) is 1. The van der Waals surface area contributed by atoms with Gasteiger partial charge in [-0.05, 0) is 25.4 Å². The molecular formula is C15H22N2O3S. The maximum absolute atomic E-state index is 12.0. The Morgan fingerprint density at radius 2 is 2.05 bits per heavy atom. The van der Waals surface area contributed by atoms with E-state index in [9.17, 15) is 9.59 Å². The topological polar surface area (TPSA) is 58.6 Å². The van der Waals surface area contributed by atoms with Crippen molar-refractivity contribution < 1.29 is 14.3 Å². The smallest absolute Gasteiger partial charge is 0.309 e. The van der Waals surface area contributed by atoms with Crippen molar-refractivity contribution in [1.82, 2.24) is 4.90 Å². The van der Waals surface area contributed by atoms with Crippen molar-refractivity contribution in [2.75, 3.05) is 38.8 Å². The number of hydrogen-bond donors (Lipinski definition) is 1. The number of carbonyl (C=O) groups is 2. The van der Waals surface area contributed by atoms with Crippen LogP contribution in [-0.4, -0.2) is 50.3 Å². The molecule has 1 N–H and O–H groups in total. The predicted octanol–water partition coefficient (Wildman–Crippen LogP) is 2.09. The van der Waals surface area contributed by atoms with E-state index in [0.29, 0.717) is 6.54 Å². The Labute approximate surface area is 130 Å². The first-order valence-corrected chi connectivity index (χ1v) is 7.89. The van der Waals surface area contributed by atoms with Gasteiger partial charge in [0.2, 0.25) is 5.91 Å². The van der Waals surface area contributed by atoms with Gasteiger partial charge in [-0.25, -0.2) is 0 Å². The summed E-state index contributed by atoms with van der Waals surface area (Å²) in [4.78, 5) is 26.2. The molecule has 0 aliphatic rings. The molecule has 0 bridgehead atoms. The Balaban J connectivity index is 2.51. The zero-order valence-corrected chi connectivity index (χ0v) is 13.7. The van der Waals surface area contributed by atoms with Crippen molar-refractivity contribution in [1.29, 1.82) is 0 Å². The van der Waals surface area contributed by atoms with Crippen molar-refractivity contribution >= 4 is 29.3 Å². The van der Waals surface area contributed by atoms with Gasteiger partial charge in [0.25, 0.3) is 0 Å². The molecule has 0 aliphatic heterocycles. The average molecular weight is 310 g/mol. The van der Waals surface area contributed by atoms with Crippen molar-refractivity contribution in [2.45, 2.75) is 11.8 Å². The predicted molar refractivity (Wildman–Crippen MR) is 85.5 cm³/mol. The van der Waals surface area contributed by atoms with E-state index in [0.717, 1.165) is 10.6 Å². The highest BCUT2D eigenvalue weighted by molar-refractivity contribution is 7.98. The number of para-hydroxylation sites is 1. The summed E-state index contributed by atoms with van der Waals surface area (Å²) in [6.07, 6.45) is 1.97. The number of nitrogens with zero attached hydrogens (tertiary/aromatic N) is 1. The van der Waals surface area contributed by atoms with Crippen LogP contribution in [-0.2, 0) is 14.3 Å². The zero-order chi connectivity index (χ0) is 15.8. The van der Waals surface area contributed by atoms with Gasteiger partial charge in [0.15, 0.2) is 0 Å². The van der Waals surface area contributed by atoms with Crippen molar-refractivity contribution in [3.8, 4) is 0 Å². The Bertz CT molecular complexity index is 494. The van der Waals surface area contributed by atoms with Crippen LogP contribution in [0.1, 0.15) is 6.92 Å². The molecule has 0 radical (unpaired) electrons. The largest absolute Gasteiger partial charge is 0.469 e. The van der Waals surface area contributed by atoms with Crippen LogP contribution >= 0.6 is 11.8 Å². The lowest BCUT2D eigenvalue weighted by molar-refractivity contribution is -0.145. The van der Waals surface area contributed by atoms with Gasteiger partial charge in [-0.2, -0.15) is 0 Å². The molecule has 0 heterocycles. The number of hydrogen-bond acceptors (Lipinski definition) is 5. The average Bonchev–Trinajstić information content (AvgIpc) is 2.46. The van der Waals surface area contributed by atoms with E-state index in [2.05, 4.69) is 10.1 Å². The zero-order valence-electron chi connectivity index (χ0n) is 12.9. The second kappa shape index (κ2) is 8.69. The van der Waals surface area contributed by atoms with Gasteiger partial charge >= 0.3 is 5.97 Å². The number of benzene rings is 1. The summed E-state index contributed by atoms with van der Waals surface area (Å²) in [5.41, 5.74) is 0.810. The van der Waals surface area contributed by atoms with E-state index in [4.69, 9.17) is 0 Å². The van der Waals surface area contributed by atoms with Gasteiger partial charge in [-0.15, -0.1) is 11.8 Å². The molecule has 116 valence electrons. The van der Waals surface area contributed by atoms with E-state index in [1.54, 1.807) is 30.6 Å². The summed E-state index contributed by atoms with van der Waals surface area (Å²) in [7, 11) is 3.17. The summed E-state index contributed by atoms with van der Waals surface area (Å²) >= 11 is 1.58. The molecule has 0 saturated heterocycles. The molecule has 0 aromatic heterocycles. The summed E-state index contributed by atoms with van der Waals surface area (Å²) in [5.74, 6) is -0.627. The van der Waals surface area contributed by atoms with Crippen LogP contribution in [0.3, 0.4) is 0 Å². The summed E-state index contributed by atoms with van der Waals surface area (Å²) in [6.45, 7) is 2.48. The second-order valence-electron chi connectivity index (χ2n) is 4.87. The molecule has 6 heteroatoms. The highest BCUT2D eigenvalue weighted by Gasteiger charge is 2.17. The molecule has 1 aromatic rings. The van der Waals surface area contributed by atoms with Crippen LogP contribution in [0.15, 0.2) is 29.2 Å². The van der Waals surface area contributed by atoms with E-state index in [1.807, 2.05) is 30.5 Å². The van der Waals surface area contributed by atoms with E-state index >= 15 is 0 Å². The molecule has 1 aromatic carbocycles. The third-order valence-electron chi connectivity index (χ3n) is 2.98. The maximum Gasteiger partial charge on any atom is 0.309 e. The van der Waals surface area contributed by atoms with Gasteiger partial charge in [-0.1, -0.05) is 19.1 Å². The highest BCUT2D eigenvalue weighted by Crippen LogP contribution is 2.24. The summed E-state index contributed by atoms with van der Waals surface area (Å²) < 4.78 is 4.67. The molecule has 1 unspecified atom stereocenters. The lowest BCUT2D eigenvalue weighted by Crippen LogP contribution is -2.35. The standard InChI is InChI=1S/C15H22N2O3S/c1-11(15(19)20-3)9-17(2)10-14(18)16-12-7-5-6-8-13(12)21-4/h5-8,11H,9-10H2,1-4H3,(H,16,18). The number of carbonyl (C=O) groups excluding carboxylic acids is 2. The monoisotopic (exact) mass is 310 g/mol. The third-order valence-corrected chi connectivity index (χ3v) is 3.78. The van der Waals surface area contributed by atoms with Gasteiger partial charge in [0.05, 0.1) is 25.3 Å². The van der Waals surface area contributed by atoms with Crippen LogP contribution in [0, 0.1) is 5.92 Å². The third kappa shape index (κ3) is 5.77. The number of amides is 1. The minimum Gasteiger partial charge on any atom is -0.469 e. The normalized spacial score (nSPS) is 12.0. The van der Waals surface area contributed by atoms with Crippen molar-refractivity contribution in [2.24, 2.45) is 5.92 Å². The highest BCUT2D eigenvalue weighted by atomic mass is 32.2. The molecule has 5 nitrogen and oxygen atoms in total. The summed E-state index contributed by atoms with van der Waals surface area (Å²) in [5, 5.41) is 2.89. The van der Waals surface area contributed by atoms with E-state index < -0.39 is 0 Å². The SMILES string of the molecule is COC(=O)C(C)CN(C)CC(=O)Nc1ccccc1SC. The fraction of sp³-hybridized carbons (Fsp3) is 0.467. The van der Waals surface area contributed by atoms with Gasteiger partial charge in [0, 0.05) is 11.4 Å². The maximum atomic E-state index is 12.0. The molecule has 1 amide bonds. The Hall–Kier alpha value is -1.53.